The Bertz CT molecular complexity index is 621. The molecule has 0 amide bonds. The second-order valence-electron chi connectivity index (χ2n) is 7.65. The van der Waals surface area contributed by atoms with Crippen molar-refractivity contribution in [2.24, 2.45) is 10.4 Å². The fraction of sp³-hybridized carbons (Fsp3) is 0.650. The minimum absolute atomic E-state index is 0.350. The molecule has 3 aliphatic rings. The van der Waals surface area contributed by atoms with Gasteiger partial charge in [-0.05, 0) is 38.2 Å². The van der Waals surface area contributed by atoms with Crippen molar-refractivity contribution in [3.63, 3.8) is 0 Å². The quantitative estimate of drug-likeness (QED) is 0.674. The molecule has 1 aromatic rings. The SMILES string of the molecule is CN=C(NCc1ccccc1OC1CCC1)N1CCC2(CCOC2)C1. The molecule has 25 heavy (non-hydrogen) atoms. The van der Waals surface area contributed by atoms with E-state index in [1.54, 1.807) is 0 Å². The fourth-order valence-corrected chi connectivity index (χ4v) is 4.03. The molecule has 1 saturated carbocycles. The lowest BCUT2D eigenvalue weighted by Crippen LogP contribution is -2.41. The number of hydrogen-bond acceptors (Lipinski definition) is 3. The monoisotopic (exact) mass is 343 g/mol. The van der Waals surface area contributed by atoms with Gasteiger partial charge in [-0.2, -0.15) is 0 Å². The van der Waals surface area contributed by atoms with Crippen LogP contribution >= 0.6 is 0 Å². The molecule has 5 nitrogen and oxygen atoms in total. The third-order valence-corrected chi connectivity index (χ3v) is 5.89. The highest BCUT2D eigenvalue weighted by Gasteiger charge is 2.42. The average molecular weight is 343 g/mol. The molecule has 1 aliphatic carbocycles. The highest BCUT2D eigenvalue weighted by Crippen LogP contribution is 2.38. The summed E-state index contributed by atoms with van der Waals surface area (Å²) in [5, 5.41) is 3.54. The second kappa shape index (κ2) is 7.24. The second-order valence-corrected chi connectivity index (χ2v) is 7.65. The first kappa shape index (κ1) is 16.7. The molecule has 1 atom stereocenters. The van der Waals surface area contributed by atoms with Crippen LogP contribution in [0.4, 0.5) is 0 Å². The normalized spacial score (nSPS) is 26.9. The number of hydrogen-bond donors (Lipinski definition) is 1. The molecule has 0 bridgehead atoms. The van der Waals surface area contributed by atoms with Crippen LogP contribution in [-0.2, 0) is 11.3 Å². The summed E-state index contributed by atoms with van der Waals surface area (Å²) in [5.41, 5.74) is 1.55. The van der Waals surface area contributed by atoms with Crippen molar-refractivity contribution in [1.82, 2.24) is 10.2 Å². The van der Waals surface area contributed by atoms with E-state index >= 15 is 0 Å². The van der Waals surface area contributed by atoms with Crippen molar-refractivity contribution in [3.05, 3.63) is 29.8 Å². The van der Waals surface area contributed by atoms with Gasteiger partial charge in [0.15, 0.2) is 5.96 Å². The maximum atomic E-state index is 6.14. The summed E-state index contributed by atoms with van der Waals surface area (Å²) in [7, 11) is 1.87. The first-order chi connectivity index (χ1) is 12.3. The first-order valence-corrected chi connectivity index (χ1v) is 9.56. The van der Waals surface area contributed by atoms with Gasteiger partial charge < -0.3 is 19.7 Å². The third kappa shape index (κ3) is 3.61. The number of likely N-dealkylation sites (tertiary alicyclic amines) is 1. The van der Waals surface area contributed by atoms with E-state index < -0.39 is 0 Å². The van der Waals surface area contributed by atoms with E-state index in [9.17, 15) is 0 Å². The van der Waals surface area contributed by atoms with Gasteiger partial charge in [0.2, 0.25) is 0 Å². The lowest BCUT2D eigenvalue weighted by molar-refractivity contribution is 0.119. The number of guanidine groups is 1. The Morgan fingerprint density at radius 1 is 1.36 bits per heavy atom. The van der Waals surface area contributed by atoms with Gasteiger partial charge in [0.05, 0.1) is 12.7 Å². The Balaban J connectivity index is 1.37. The third-order valence-electron chi connectivity index (χ3n) is 5.89. The topological polar surface area (TPSA) is 46.1 Å². The summed E-state index contributed by atoms with van der Waals surface area (Å²) in [4.78, 5) is 6.89. The van der Waals surface area contributed by atoms with Crippen molar-refractivity contribution in [3.8, 4) is 5.75 Å². The Kier molecular flexibility index (Phi) is 4.84. The summed E-state index contributed by atoms with van der Waals surface area (Å²) in [6, 6.07) is 8.36. The van der Waals surface area contributed by atoms with Crippen LogP contribution in [0, 0.1) is 5.41 Å². The van der Waals surface area contributed by atoms with Gasteiger partial charge >= 0.3 is 0 Å². The zero-order valence-electron chi connectivity index (χ0n) is 15.2. The maximum absolute atomic E-state index is 6.14. The van der Waals surface area contributed by atoms with Crippen molar-refractivity contribution >= 4 is 5.96 Å². The molecule has 4 rings (SSSR count). The van der Waals surface area contributed by atoms with E-state index in [0.717, 1.165) is 44.6 Å². The largest absolute Gasteiger partial charge is 0.490 e. The summed E-state index contributed by atoms with van der Waals surface area (Å²) < 4.78 is 11.8. The van der Waals surface area contributed by atoms with E-state index in [4.69, 9.17) is 9.47 Å². The maximum Gasteiger partial charge on any atom is 0.193 e. The predicted molar refractivity (Wildman–Crippen MR) is 99.0 cm³/mol. The van der Waals surface area contributed by atoms with E-state index in [0.29, 0.717) is 11.5 Å². The van der Waals surface area contributed by atoms with Crippen LogP contribution in [0.1, 0.15) is 37.7 Å². The predicted octanol–water partition coefficient (Wildman–Crippen LogP) is 2.81. The van der Waals surface area contributed by atoms with Crippen molar-refractivity contribution in [2.75, 3.05) is 33.4 Å². The minimum Gasteiger partial charge on any atom is -0.490 e. The zero-order chi connectivity index (χ0) is 17.1. The standard InChI is InChI=1S/C20H29N3O2/c1-21-19(23-11-9-20(14-23)10-12-24-15-20)22-13-16-5-2-3-8-18(16)25-17-6-4-7-17/h2-3,5,8,17H,4,6-7,9-15H2,1H3,(H,21,22). The van der Waals surface area contributed by atoms with E-state index in [2.05, 4.69) is 39.5 Å². The number of benzene rings is 1. The molecule has 0 radical (unpaired) electrons. The number of ether oxygens (including phenoxy) is 2. The highest BCUT2D eigenvalue weighted by molar-refractivity contribution is 5.80. The van der Waals surface area contributed by atoms with Gasteiger partial charge in [0.1, 0.15) is 5.75 Å². The molecule has 2 heterocycles. The van der Waals surface area contributed by atoms with Gasteiger partial charge in [0.25, 0.3) is 0 Å². The average Bonchev–Trinajstić information content (AvgIpc) is 3.23. The number of para-hydroxylation sites is 1. The lowest BCUT2D eigenvalue weighted by Gasteiger charge is -2.28. The van der Waals surface area contributed by atoms with Crippen LogP contribution in [0.3, 0.4) is 0 Å². The van der Waals surface area contributed by atoms with Crippen LogP contribution in [0.2, 0.25) is 0 Å². The molecular formula is C20H29N3O2. The molecule has 1 spiro atoms. The molecule has 5 heteroatoms. The van der Waals surface area contributed by atoms with Crippen LogP contribution < -0.4 is 10.1 Å². The van der Waals surface area contributed by atoms with Gasteiger partial charge in [-0.15, -0.1) is 0 Å². The van der Waals surface area contributed by atoms with Crippen LogP contribution in [-0.4, -0.2) is 50.3 Å². The molecule has 1 aromatic carbocycles. The van der Waals surface area contributed by atoms with Crippen LogP contribution in [0.15, 0.2) is 29.3 Å². The Labute approximate surface area is 150 Å². The number of aliphatic imine (C=N–C) groups is 1. The zero-order valence-corrected chi connectivity index (χ0v) is 15.2. The fourth-order valence-electron chi connectivity index (χ4n) is 4.03. The molecule has 1 unspecified atom stereocenters. The van der Waals surface area contributed by atoms with Crippen LogP contribution in [0.25, 0.3) is 0 Å². The molecule has 136 valence electrons. The molecule has 1 N–H and O–H groups in total. The smallest absolute Gasteiger partial charge is 0.193 e. The molecule has 2 saturated heterocycles. The van der Waals surface area contributed by atoms with Gasteiger partial charge in [-0.1, -0.05) is 18.2 Å². The van der Waals surface area contributed by atoms with E-state index in [1.807, 2.05) is 7.05 Å². The van der Waals surface area contributed by atoms with Crippen LogP contribution in [0.5, 0.6) is 5.75 Å². The Hall–Kier alpha value is -1.75. The summed E-state index contributed by atoms with van der Waals surface area (Å²) >= 11 is 0. The van der Waals surface area contributed by atoms with Gasteiger partial charge in [-0.3, -0.25) is 4.99 Å². The molecule has 0 aromatic heterocycles. The van der Waals surface area contributed by atoms with Crippen molar-refractivity contribution < 1.29 is 9.47 Å². The van der Waals surface area contributed by atoms with Crippen molar-refractivity contribution in [2.45, 2.75) is 44.8 Å². The first-order valence-electron chi connectivity index (χ1n) is 9.56. The van der Waals surface area contributed by atoms with Crippen molar-refractivity contribution in [1.29, 1.82) is 0 Å². The highest BCUT2D eigenvalue weighted by atomic mass is 16.5. The number of nitrogens with zero attached hydrogens (tertiary/aromatic N) is 2. The van der Waals surface area contributed by atoms with E-state index in [-0.39, 0.29) is 0 Å². The molecule has 2 aliphatic heterocycles. The van der Waals surface area contributed by atoms with Gasteiger partial charge in [-0.25, -0.2) is 0 Å². The van der Waals surface area contributed by atoms with Gasteiger partial charge in [0, 0.05) is 44.3 Å². The number of rotatable bonds is 4. The Morgan fingerprint density at radius 3 is 2.96 bits per heavy atom. The number of nitrogens with one attached hydrogen (secondary N) is 1. The lowest BCUT2D eigenvalue weighted by atomic mass is 9.87. The molecular weight excluding hydrogens is 314 g/mol. The Morgan fingerprint density at radius 2 is 2.24 bits per heavy atom. The summed E-state index contributed by atoms with van der Waals surface area (Å²) in [6.45, 7) is 4.66. The van der Waals surface area contributed by atoms with E-state index in [1.165, 1.54) is 37.7 Å². The minimum atomic E-state index is 0.350. The molecule has 3 fully saturated rings. The summed E-state index contributed by atoms with van der Waals surface area (Å²) in [5.74, 6) is 2.00. The summed E-state index contributed by atoms with van der Waals surface area (Å²) in [6.07, 6.45) is 6.44.